The molecule has 3 aromatic rings. The molecule has 2 N–H and O–H groups in total. The topological polar surface area (TPSA) is 31.1 Å². The highest BCUT2D eigenvalue weighted by molar-refractivity contribution is 5.83. The second-order valence-corrected chi connectivity index (χ2v) is 6.13. The lowest BCUT2D eigenvalue weighted by molar-refractivity contribution is 0.688. The molecule has 3 rings (SSSR count). The van der Waals surface area contributed by atoms with Crippen LogP contribution < -0.4 is 10.2 Å². The largest absolute Gasteiger partial charge is 0.372 e. The van der Waals surface area contributed by atoms with Gasteiger partial charge in [-0.05, 0) is 56.1 Å². The fourth-order valence-corrected chi connectivity index (χ4v) is 3.21. The number of hydrogen-bond donors (Lipinski definition) is 2. The van der Waals surface area contributed by atoms with E-state index in [-0.39, 0.29) is 0 Å². The minimum atomic E-state index is 0.918. The summed E-state index contributed by atoms with van der Waals surface area (Å²) in [5.74, 6) is 0. The fourth-order valence-electron chi connectivity index (χ4n) is 3.21. The van der Waals surface area contributed by atoms with Gasteiger partial charge in [-0.1, -0.05) is 30.3 Å². The van der Waals surface area contributed by atoms with Gasteiger partial charge in [0.25, 0.3) is 0 Å². The first-order chi connectivity index (χ1) is 11.8. The Bertz CT molecular complexity index is 754. The van der Waals surface area contributed by atoms with E-state index in [1.54, 1.807) is 0 Å². The Hall–Kier alpha value is -2.26. The molecule has 126 valence electrons. The number of fused-ring (bicyclic) bond motifs is 1. The van der Waals surface area contributed by atoms with Gasteiger partial charge in [0, 0.05) is 42.4 Å². The molecule has 0 aliphatic rings. The van der Waals surface area contributed by atoms with Crippen LogP contribution in [0, 0.1) is 0 Å². The van der Waals surface area contributed by atoms with Gasteiger partial charge in [0.2, 0.25) is 0 Å². The lowest BCUT2D eigenvalue weighted by atomic mass is 10.1. The van der Waals surface area contributed by atoms with E-state index < -0.39 is 0 Å². The van der Waals surface area contributed by atoms with Crippen LogP contribution in [0.25, 0.3) is 10.9 Å². The van der Waals surface area contributed by atoms with Crippen LogP contribution in [0.15, 0.2) is 54.7 Å². The zero-order valence-electron chi connectivity index (χ0n) is 14.7. The maximum atomic E-state index is 3.55. The summed E-state index contributed by atoms with van der Waals surface area (Å²) in [6.07, 6.45) is 3.17. The number of aromatic nitrogens is 1. The first-order valence-electron chi connectivity index (χ1n) is 8.91. The minimum Gasteiger partial charge on any atom is -0.372 e. The lowest BCUT2D eigenvalue weighted by Gasteiger charge is -2.21. The first-order valence-corrected chi connectivity index (χ1v) is 8.91. The van der Waals surface area contributed by atoms with E-state index in [0.717, 1.165) is 32.6 Å². The van der Waals surface area contributed by atoms with Gasteiger partial charge in [-0.15, -0.1) is 0 Å². The van der Waals surface area contributed by atoms with E-state index in [2.05, 4.69) is 83.8 Å². The number of benzene rings is 2. The second-order valence-electron chi connectivity index (χ2n) is 6.13. The number of aromatic amines is 1. The van der Waals surface area contributed by atoms with E-state index >= 15 is 0 Å². The Morgan fingerprint density at radius 1 is 0.958 bits per heavy atom. The molecule has 0 saturated heterocycles. The van der Waals surface area contributed by atoms with Gasteiger partial charge >= 0.3 is 0 Å². The van der Waals surface area contributed by atoms with Crippen molar-refractivity contribution < 1.29 is 0 Å². The van der Waals surface area contributed by atoms with E-state index in [1.807, 2.05) is 0 Å². The van der Waals surface area contributed by atoms with Crippen molar-refractivity contribution in [3.63, 3.8) is 0 Å². The van der Waals surface area contributed by atoms with Crippen molar-refractivity contribution >= 4 is 16.6 Å². The van der Waals surface area contributed by atoms with E-state index in [9.17, 15) is 0 Å². The zero-order chi connectivity index (χ0) is 16.8. The van der Waals surface area contributed by atoms with Crippen LogP contribution >= 0.6 is 0 Å². The Morgan fingerprint density at radius 3 is 2.46 bits per heavy atom. The molecule has 0 aliphatic heterocycles. The molecule has 1 heterocycles. The molecule has 3 nitrogen and oxygen atoms in total. The molecule has 0 atom stereocenters. The molecule has 0 fully saturated rings. The minimum absolute atomic E-state index is 0.918. The summed E-state index contributed by atoms with van der Waals surface area (Å²) in [5, 5.41) is 4.89. The maximum Gasteiger partial charge on any atom is 0.0456 e. The highest BCUT2D eigenvalue weighted by Gasteiger charge is 2.03. The monoisotopic (exact) mass is 321 g/mol. The average molecular weight is 321 g/mol. The molecule has 2 aromatic carbocycles. The standard InChI is InChI=1S/C21H27N3/c1-3-24(4-2)19-11-9-17(10-12-19)15-22-14-13-18-16-23-21-8-6-5-7-20(18)21/h5-12,16,22-23H,3-4,13-15H2,1-2H3. The molecule has 1 aromatic heterocycles. The van der Waals surface area contributed by atoms with Gasteiger partial charge in [0.1, 0.15) is 0 Å². The summed E-state index contributed by atoms with van der Waals surface area (Å²) in [6.45, 7) is 8.41. The Balaban J connectivity index is 1.50. The molecular formula is C21H27N3. The molecule has 0 spiro atoms. The van der Waals surface area contributed by atoms with E-state index in [1.165, 1.54) is 27.7 Å². The summed E-state index contributed by atoms with van der Waals surface area (Å²) < 4.78 is 0. The molecule has 0 saturated carbocycles. The van der Waals surface area contributed by atoms with Crippen molar-refractivity contribution in [2.45, 2.75) is 26.8 Å². The molecule has 24 heavy (non-hydrogen) atoms. The van der Waals surface area contributed by atoms with Gasteiger partial charge in [0.05, 0.1) is 0 Å². The van der Waals surface area contributed by atoms with Crippen LogP contribution in [0.1, 0.15) is 25.0 Å². The number of para-hydroxylation sites is 1. The predicted octanol–water partition coefficient (Wildman–Crippen LogP) is 4.35. The third kappa shape index (κ3) is 3.80. The van der Waals surface area contributed by atoms with Crippen LogP contribution in [0.5, 0.6) is 0 Å². The molecule has 3 heteroatoms. The quantitative estimate of drug-likeness (QED) is 0.605. The molecule has 0 aliphatic carbocycles. The predicted molar refractivity (Wildman–Crippen MR) is 104 cm³/mol. The summed E-state index contributed by atoms with van der Waals surface area (Å²) in [5.41, 5.74) is 5.25. The normalized spacial score (nSPS) is 11.1. The van der Waals surface area contributed by atoms with Gasteiger partial charge in [-0.3, -0.25) is 0 Å². The highest BCUT2D eigenvalue weighted by Crippen LogP contribution is 2.18. The van der Waals surface area contributed by atoms with Crippen molar-refractivity contribution in [3.05, 3.63) is 65.9 Å². The maximum absolute atomic E-state index is 3.55. The number of anilines is 1. The van der Waals surface area contributed by atoms with Crippen molar-refractivity contribution in [2.75, 3.05) is 24.5 Å². The lowest BCUT2D eigenvalue weighted by Crippen LogP contribution is -2.21. The summed E-state index contributed by atoms with van der Waals surface area (Å²) in [7, 11) is 0. The number of nitrogens with zero attached hydrogens (tertiary/aromatic N) is 1. The van der Waals surface area contributed by atoms with Crippen LogP contribution in [-0.4, -0.2) is 24.6 Å². The first kappa shape index (κ1) is 16.6. The number of rotatable bonds is 8. The molecule has 0 unspecified atom stereocenters. The van der Waals surface area contributed by atoms with Gasteiger partial charge in [-0.2, -0.15) is 0 Å². The molecule has 0 amide bonds. The summed E-state index contributed by atoms with van der Waals surface area (Å²) in [4.78, 5) is 5.71. The number of nitrogens with one attached hydrogen (secondary N) is 2. The fraction of sp³-hybridized carbons (Fsp3) is 0.333. The van der Waals surface area contributed by atoms with E-state index in [4.69, 9.17) is 0 Å². The summed E-state index contributed by atoms with van der Waals surface area (Å²) >= 11 is 0. The Labute approximate surface area is 144 Å². The van der Waals surface area contributed by atoms with Crippen molar-refractivity contribution in [2.24, 2.45) is 0 Å². The molecular weight excluding hydrogens is 294 g/mol. The highest BCUT2D eigenvalue weighted by atomic mass is 15.1. The smallest absolute Gasteiger partial charge is 0.0456 e. The van der Waals surface area contributed by atoms with Crippen LogP contribution in [0.4, 0.5) is 5.69 Å². The van der Waals surface area contributed by atoms with Crippen molar-refractivity contribution in [3.8, 4) is 0 Å². The Kier molecular flexibility index (Phi) is 5.55. The number of H-pyrrole nitrogens is 1. The SMILES string of the molecule is CCN(CC)c1ccc(CNCCc2c[nH]c3ccccc23)cc1. The van der Waals surface area contributed by atoms with Crippen molar-refractivity contribution in [1.29, 1.82) is 0 Å². The van der Waals surface area contributed by atoms with Crippen LogP contribution in [0.2, 0.25) is 0 Å². The van der Waals surface area contributed by atoms with Crippen LogP contribution in [0.3, 0.4) is 0 Å². The van der Waals surface area contributed by atoms with E-state index in [0.29, 0.717) is 0 Å². The average Bonchev–Trinajstić information content (AvgIpc) is 3.04. The molecule has 0 radical (unpaired) electrons. The third-order valence-corrected chi connectivity index (χ3v) is 4.64. The second kappa shape index (κ2) is 8.02. The van der Waals surface area contributed by atoms with Gasteiger partial charge < -0.3 is 15.2 Å². The zero-order valence-corrected chi connectivity index (χ0v) is 14.7. The van der Waals surface area contributed by atoms with Gasteiger partial charge in [-0.25, -0.2) is 0 Å². The van der Waals surface area contributed by atoms with Crippen molar-refractivity contribution in [1.82, 2.24) is 10.3 Å². The summed E-state index contributed by atoms with van der Waals surface area (Å²) in [6, 6.07) is 17.4. The van der Waals surface area contributed by atoms with Crippen LogP contribution in [-0.2, 0) is 13.0 Å². The third-order valence-electron chi connectivity index (χ3n) is 4.64. The number of hydrogen-bond acceptors (Lipinski definition) is 2. The Morgan fingerprint density at radius 2 is 1.71 bits per heavy atom. The van der Waals surface area contributed by atoms with Gasteiger partial charge in [0.15, 0.2) is 0 Å². The molecule has 0 bridgehead atoms.